The molecule has 0 radical (unpaired) electrons. The van der Waals surface area contributed by atoms with Crippen LogP contribution in [0.25, 0.3) is 10.2 Å². The van der Waals surface area contributed by atoms with Gasteiger partial charge >= 0.3 is 0 Å². The SMILES string of the molecule is O=C(CC1CCCCC1)Nc1nc2c(Cl)cccc2s1. The molecule has 106 valence electrons. The summed E-state index contributed by atoms with van der Waals surface area (Å²) in [6.45, 7) is 0. The second-order valence-corrected chi connectivity index (χ2v) is 6.80. The predicted octanol–water partition coefficient (Wildman–Crippen LogP) is 4.86. The molecule has 1 saturated carbocycles. The largest absolute Gasteiger partial charge is 0.302 e. The topological polar surface area (TPSA) is 42.0 Å². The van der Waals surface area contributed by atoms with Crippen molar-refractivity contribution in [3.05, 3.63) is 23.2 Å². The van der Waals surface area contributed by atoms with E-state index >= 15 is 0 Å². The first kappa shape index (κ1) is 13.8. The van der Waals surface area contributed by atoms with Gasteiger partial charge in [0, 0.05) is 6.42 Å². The van der Waals surface area contributed by atoms with Crippen LogP contribution in [0, 0.1) is 5.92 Å². The van der Waals surface area contributed by atoms with Crippen molar-refractivity contribution in [2.75, 3.05) is 5.32 Å². The average Bonchev–Trinajstić information content (AvgIpc) is 2.83. The number of carbonyl (C=O) groups is 1. The third-order valence-corrected chi connectivity index (χ3v) is 5.06. The van der Waals surface area contributed by atoms with Crippen molar-refractivity contribution in [2.45, 2.75) is 38.5 Å². The van der Waals surface area contributed by atoms with Gasteiger partial charge in [-0.05, 0) is 30.9 Å². The second kappa shape index (κ2) is 6.10. The van der Waals surface area contributed by atoms with Crippen molar-refractivity contribution in [3.63, 3.8) is 0 Å². The van der Waals surface area contributed by atoms with Gasteiger partial charge in [0.2, 0.25) is 5.91 Å². The van der Waals surface area contributed by atoms with Gasteiger partial charge in [-0.1, -0.05) is 48.3 Å². The Labute approximate surface area is 127 Å². The van der Waals surface area contributed by atoms with Crippen LogP contribution in [-0.4, -0.2) is 10.9 Å². The molecule has 1 aromatic heterocycles. The van der Waals surface area contributed by atoms with Crippen molar-refractivity contribution in [3.8, 4) is 0 Å². The molecule has 1 heterocycles. The average molecular weight is 309 g/mol. The van der Waals surface area contributed by atoms with Crippen LogP contribution in [0.1, 0.15) is 38.5 Å². The summed E-state index contributed by atoms with van der Waals surface area (Å²) < 4.78 is 1.01. The minimum absolute atomic E-state index is 0.0760. The van der Waals surface area contributed by atoms with E-state index < -0.39 is 0 Å². The fourth-order valence-corrected chi connectivity index (χ4v) is 3.97. The number of aromatic nitrogens is 1. The lowest BCUT2D eigenvalue weighted by Gasteiger charge is -2.20. The molecule has 0 atom stereocenters. The lowest BCUT2D eigenvalue weighted by Crippen LogP contribution is -2.18. The van der Waals surface area contributed by atoms with Gasteiger partial charge in [0.15, 0.2) is 5.13 Å². The van der Waals surface area contributed by atoms with Crippen LogP contribution in [0.4, 0.5) is 5.13 Å². The number of para-hydroxylation sites is 1. The zero-order valence-electron chi connectivity index (χ0n) is 11.2. The lowest BCUT2D eigenvalue weighted by molar-refractivity contribution is -0.117. The Bertz CT molecular complexity index is 619. The third-order valence-electron chi connectivity index (χ3n) is 3.81. The van der Waals surface area contributed by atoms with Gasteiger partial charge < -0.3 is 5.32 Å². The van der Waals surface area contributed by atoms with Crippen LogP contribution in [0.5, 0.6) is 0 Å². The van der Waals surface area contributed by atoms with E-state index in [0.29, 0.717) is 22.5 Å². The molecule has 1 aliphatic carbocycles. The van der Waals surface area contributed by atoms with Crippen molar-refractivity contribution in [2.24, 2.45) is 5.92 Å². The van der Waals surface area contributed by atoms with E-state index in [1.165, 1.54) is 43.4 Å². The Kier molecular flexibility index (Phi) is 4.22. The zero-order valence-corrected chi connectivity index (χ0v) is 12.8. The summed E-state index contributed by atoms with van der Waals surface area (Å²) >= 11 is 7.57. The first-order valence-electron chi connectivity index (χ1n) is 7.07. The highest BCUT2D eigenvalue weighted by molar-refractivity contribution is 7.22. The molecule has 1 amide bonds. The van der Waals surface area contributed by atoms with Gasteiger partial charge in [0.25, 0.3) is 0 Å². The number of hydrogen-bond donors (Lipinski definition) is 1. The maximum absolute atomic E-state index is 12.1. The molecule has 1 aromatic carbocycles. The number of hydrogen-bond acceptors (Lipinski definition) is 3. The van der Waals surface area contributed by atoms with Crippen molar-refractivity contribution < 1.29 is 4.79 Å². The van der Waals surface area contributed by atoms with E-state index in [0.717, 1.165) is 10.2 Å². The molecule has 5 heteroatoms. The van der Waals surface area contributed by atoms with E-state index in [2.05, 4.69) is 10.3 Å². The number of nitrogens with one attached hydrogen (secondary N) is 1. The normalized spacial score (nSPS) is 16.4. The van der Waals surface area contributed by atoms with Crippen LogP contribution in [0.15, 0.2) is 18.2 Å². The molecule has 2 aromatic rings. The summed E-state index contributed by atoms with van der Waals surface area (Å²) in [6.07, 6.45) is 6.81. The van der Waals surface area contributed by atoms with Crippen molar-refractivity contribution >= 4 is 44.2 Å². The molecular weight excluding hydrogens is 292 g/mol. The molecule has 0 spiro atoms. The number of nitrogens with zero attached hydrogens (tertiary/aromatic N) is 1. The highest BCUT2D eigenvalue weighted by Crippen LogP contribution is 2.31. The summed E-state index contributed by atoms with van der Waals surface area (Å²) in [6, 6.07) is 5.68. The van der Waals surface area contributed by atoms with Crippen LogP contribution in [0.3, 0.4) is 0 Å². The zero-order chi connectivity index (χ0) is 13.9. The van der Waals surface area contributed by atoms with E-state index in [9.17, 15) is 4.79 Å². The molecule has 0 unspecified atom stereocenters. The molecule has 1 N–H and O–H groups in total. The van der Waals surface area contributed by atoms with Crippen molar-refractivity contribution in [1.82, 2.24) is 4.98 Å². The summed E-state index contributed by atoms with van der Waals surface area (Å²) in [4.78, 5) is 16.5. The fourth-order valence-electron chi connectivity index (χ4n) is 2.79. The van der Waals surface area contributed by atoms with Gasteiger partial charge in [-0.15, -0.1) is 0 Å². The minimum Gasteiger partial charge on any atom is -0.302 e. The molecule has 1 aliphatic rings. The van der Waals surface area contributed by atoms with Gasteiger partial charge in [-0.3, -0.25) is 4.79 Å². The van der Waals surface area contributed by atoms with Crippen LogP contribution in [-0.2, 0) is 4.79 Å². The van der Waals surface area contributed by atoms with E-state index in [4.69, 9.17) is 11.6 Å². The van der Waals surface area contributed by atoms with Crippen LogP contribution < -0.4 is 5.32 Å². The summed E-state index contributed by atoms with van der Waals surface area (Å²) in [5.74, 6) is 0.619. The van der Waals surface area contributed by atoms with Gasteiger partial charge in [0.1, 0.15) is 5.52 Å². The number of amides is 1. The number of halogens is 1. The smallest absolute Gasteiger partial charge is 0.226 e. The lowest BCUT2D eigenvalue weighted by atomic mass is 9.87. The number of carbonyl (C=O) groups excluding carboxylic acids is 1. The minimum atomic E-state index is 0.0760. The molecule has 0 aliphatic heterocycles. The van der Waals surface area contributed by atoms with E-state index in [1.54, 1.807) is 0 Å². The summed E-state index contributed by atoms with van der Waals surface area (Å²) in [7, 11) is 0. The molecule has 3 rings (SSSR count). The summed E-state index contributed by atoms with van der Waals surface area (Å²) in [5, 5.41) is 4.19. The molecular formula is C15H17ClN2OS. The quantitative estimate of drug-likeness (QED) is 0.880. The monoisotopic (exact) mass is 308 g/mol. The van der Waals surface area contributed by atoms with Gasteiger partial charge in [-0.2, -0.15) is 0 Å². The Morgan fingerprint density at radius 2 is 2.15 bits per heavy atom. The van der Waals surface area contributed by atoms with Gasteiger partial charge in [0.05, 0.1) is 9.72 Å². The molecule has 0 saturated heterocycles. The van der Waals surface area contributed by atoms with E-state index in [1.807, 2.05) is 18.2 Å². The molecule has 3 nitrogen and oxygen atoms in total. The number of fused-ring (bicyclic) bond motifs is 1. The number of thiazole rings is 1. The highest BCUT2D eigenvalue weighted by Gasteiger charge is 2.18. The van der Waals surface area contributed by atoms with Crippen LogP contribution in [0.2, 0.25) is 5.02 Å². The third kappa shape index (κ3) is 3.13. The van der Waals surface area contributed by atoms with Crippen molar-refractivity contribution in [1.29, 1.82) is 0 Å². The Balaban J connectivity index is 1.66. The number of benzene rings is 1. The first-order valence-corrected chi connectivity index (χ1v) is 8.27. The standard InChI is InChI=1S/C15H17ClN2OS/c16-11-7-4-8-12-14(11)18-15(20-12)17-13(19)9-10-5-2-1-3-6-10/h4,7-8,10H,1-3,5-6,9H2,(H,17,18,19). The molecule has 0 bridgehead atoms. The Hall–Kier alpha value is -1.13. The number of rotatable bonds is 3. The molecule has 20 heavy (non-hydrogen) atoms. The predicted molar refractivity (Wildman–Crippen MR) is 84.5 cm³/mol. The summed E-state index contributed by atoms with van der Waals surface area (Å²) in [5.41, 5.74) is 0.770. The maximum Gasteiger partial charge on any atom is 0.226 e. The van der Waals surface area contributed by atoms with E-state index in [-0.39, 0.29) is 5.91 Å². The highest BCUT2D eigenvalue weighted by atomic mass is 35.5. The van der Waals surface area contributed by atoms with Crippen LogP contribution >= 0.6 is 22.9 Å². The number of anilines is 1. The maximum atomic E-state index is 12.1. The van der Waals surface area contributed by atoms with Gasteiger partial charge in [-0.25, -0.2) is 4.98 Å². The second-order valence-electron chi connectivity index (χ2n) is 5.36. The Morgan fingerprint density at radius 1 is 1.35 bits per heavy atom. The Morgan fingerprint density at radius 3 is 2.90 bits per heavy atom. The molecule has 1 fully saturated rings. The fraction of sp³-hybridized carbons (Fsp3) is 0.467. The first-order chi connectivity index (χ1) is 9.72.